The topological polar surface area (TPSA) is 91.4 Å². The van der Waals surface area contributed by atoms with Crippen molar-refractivity contribution in [2.45, 2.75) is 43.8 Å². The summed E-state index contributed by atoms with van der Waals surface area (Å²) in [5.74, 6) is -0.655. The number of fused-ring (bicyclic) bond motifs is 1. The van der Waals surface area contributed by atoms with Gasteiger partial charge in [-0.05, 0) is 43.2 Å². The fourth-order valence-corrected chi connectivity index (χ4v) is 5.72. The average Bonchev–Trinajstić information content (AvgIpc) is 3.12. The van der Waals surface area contributed by atoms with Gasteiger partial charge >= 0.3 is 5.97 Å². The first-order valence-electron chi connectivity index (χ1n) is 10.8. The molecule has 2 aliphatic heterocycles. The van der Waals surface area contributed by atoms with E-state index in [2.05, 4.69) is 0 Å². The first kappa shape index (κ1) is 23.5. The Labute approximate surface area is 192 Å². The highest BCUT2D eigenvalue weighted by Gasteiger charge is 2.29. The second-order valence-electron chi connectivity index (χ2n) is 7.92. The molecule has 2 aromatic carbocycles. The van der Waals surface area contributed by atoms with Crippen LogP contribution >= 0.6 is 0 Å². The fourth-order valence-electron chi connectivity index (χ4n) is 4.02. The molecule has 10 heteroatoms. The van der Waals surface area contributed by atoms with Crippen molar-refractivity contribution in [1.82, 2.24) is 4.31 Å². The molecule has 33 heavy (non-hydrogen) atoms. The van der Waals surface area contributed by atoms with Crippen LogP contribution < -0.4 is 9.47 Å². The SMILES string of the molecule is COc1ccc(C(=O)OCc2cc(F)cc3c2OCOC3)cc1S(=O)(=O)N1CCCCCC1. The Morgan fingerprint density at radius 3 is 2.61 bits per heavy atom. The highest BCUT2D eigenvalue weighted by Crippen LogP contribution is 2.32. The van der Waals surface area contributed by atoms with Crippen LogP contribution in [0.3, 0.4) is 0 Å². The van der Waals surface area contributed by atoms with Crippen LogP contribution in [0, 0.1) is 5.82 Å². The molecule has 0 aromatic heterocycles. The molecule has 2 aromatic rings. The lowest BCUT2D eigenvalue weighted by atomic mass is 10.1. The predicted octanol–water partition coefficient (Wildman–Crippen LogP) is 3.62. The van der Waals surface area contributed by atoms with Crippen molar-refractivity contribution in [3.05, 3.63) is 52.8 Å². The number of hydrogen-bond acceptors (Lipinski definition) is 7. The summed E-state index contributed by atoms with van der Waals surface area (Å²) in [5.41, 5.74) is 0.953. The van der Waals surface area contributed by atoms with E-state index in [-0.39, 0.29) is 36.2 Å². The number of sulfonamides is 1. The van der Waals surface area contributed by atoms with Crippen molar-refractivity contribution in [2.24, 2.45) is 0 Å². The highest BCUT2D eigenvalue weighted by molar-refractivity contribution is 7.89. The van der Waals surface area contributed by atoms with Crippen LogP contribution in [0.25, 0.3) is 0 Å². The van der Waals surface area contributed by atoms with E-state index in [9.17, 15) is 17.6 Å². The van der Waals surface area contributed by atoms with Crippen LogP contribution in [-0.4, -0.2) is 45.7 Å². The zero-order valence-electron chi connectivity index (χ0n) is 18.3. The number of nitrogens with zero attached hydrogens (tertiary/aromatic N) is 1. The van der Waals surface area contributed by atoms with Crippen molar-refractivity contribution in [1.29, 1.82) is 0 Å². The maximum Gasteiger partial charge on any atom is 0.338 e. The van der Waals surface area contributed by atoms with Crippen LogP contribution in [0.5, 0.6) is 11.5 Å². The molecule has 0 spiro atoms. The van der Waals surface area contributed by atoms with Gasteiger partial charge in [-0.1, -0.05) is 12.8 Å². The minimum Gasteiger partial charge on any atom is -0.495 e. The number of carbonyl (C=O) groups excluding carboxylic acids is 1. The highest BCUT2D eigenvalue weighted by atomic mass is 32.2. The lowest BCUT2D eigenvalue weighted by Crippen LogP contribution is -2.32. The van der Waals surface area contributed by atoms with E-state index in [0.717, 1.165) is 25.7 Å². The largest absolute Gasteiger partial charge is 0.495 e. The first-order chi connectivity index (χ1) is 15.9. The molecular formula is C23H26FNO7S. The smallest absolute Gasteiger partial charge is 0.338 e. The number of benzene rings is 2. The average molecular weight is 480 g/mol. The van der Waals surface area contributed by atoms with Gasteiger partial charge in [-0.3, -0.25) is 0 Å². The van der Waals surface area contributed by atoms with Gasteiger partial charge in [-0.2, -0.15) is 4.31 Å². The molecule has 2 heterocycles. The number of esters is 1. The zero-order chi connectivity index (χ0) is 23.4. The van der Waals surface area contributed by atoms with E-state index in [0.29, 0.717) is 30.0 Å². The molecule has 178 valence electrons. The third-order valence-corrected chi connectivity index (χ3v) is 7.61. The van der Waals surface area contributed by atoms with Crippen LogP contribution in [-0.2, 0) is 32.7 Å². The predicted molar refractivity (Wildman–Crippen MR) is 116 cm³/mol. The van der Waals surface area contributed by atoms with Crippen molar-refractivity contribution in [3.63, 3.8) is 0 Å². The van der Waals surface area contributed by atoms with E-state index in [1.165, 1.54) is 41.7 Å². The Morgan fingerprint density at radius 2 is 1.88 bits per heavy atom. The third kappa shape index (κ3) is 5.13. The third-order valence-electron chi connectivity index (χ3n) is 5.69. The molecular weight excluding hydrogens is 453 g/mol. The second kappa shape index (κ2) is 10.1. The van der Waals surface area contributed by atoms with E-state index < -0.39 is 21.8 Å². The quantitative estimate of drug-likeness (QED) is 0.585. The summed E-state index contributed by atoms with van der Waals surface area (Å²) < 4.78 is 63.2. The molecule has 0 saturated carbocycles. The molecule has 8 nitrogen and oxygen atoms in total. The van der Waals surface area contributed by atoms with Gasteiger partial charge in [0.25, 0.3) is 0 Å². The van der Waals surface area contributed by atoms with E-state index in [4.69, 9.17) is 18.9 Å². The number of rotatable bonds is 6. The summed E-state index contributed by atoms with van der Waals surface area (Å²) >= 11 is 0. The van der Waals surface area contributed by atoms with Gasteiger partial charge in [-0.25, -0.2) is 17.6 Å². The molecule has 0 N–H and O–H groups in total. The lowest BCUT2D eigenvalue weighted by Gasteiger charge is -2.22. The van der Waals surface area contributed by atoms with Crippen LogP contribution in [0.2, 0.25) is 0 Å². The van der Waals surface area contributed by atoms with Gasteiger partial charge in [0.1, 0.15) is 28.8 Å². The maximum atomic E-state index is 13.9. The molecule has 1 saturated heterocycles. The number of hydrogen-bond donors (Lipinski definition) is 0. The van der Waals surface area contributed by atoms with Crippen LogP contribution in [0.15, 0.2) is 35.2 Å². The lowest BCUT2D eigenvalue weighted by molar-refractivity contribution is -0.0182. The van der Waals surface area contributed by atoms with Gasteiger partial charge < -0.3 is 18.9 Å². The molecule has 1 fully saturated rings. The summed E-state index contributed by atoms with van der Waals surface area (Å²) in [4.78, 5) is 12.7. The van der Waals surface area contributed by atoms with Crippen molar-refractivity contribution >= 4 is 16.0 Å². The number of carbonyl (C=O) groups is 1. The molecule has 0 atom stereocenters. The Kier molecular flexibility index (Phi) is 7.16. The van der Waals surface area contributed by atoms with Gasteiger partial charge in [0, 0.05) is 24.2 Å². The summed E-state index contributed by atoms with van der Waals surface area (Å²) in [7, 11) is -2.47. The minimum absolute atomic E-state index is 0.0236. The van der Waals surface area contributed by atoms with Gasteiger partial charge in [0.2, 0.25) is 10.0 Å². The summed E-state index contributed by atoms with van der Waals surface area (Å²) in [6.45, 7) is 0.836. The molecule has 4 rings (SSSR count). The minimum atomic E-state index is -3.85. The number of ether oxygens (including phenoxy) is 4. The zero-order valence-corrected chi connectivity index (χ0v) is 19.2. The first-order valence-corrected chi connectivity index (χ1v) is 12.2. The van der Waals surface area contributed by atoms with Gasteiger partial charge in [-0.15, -0.1) is 0 Å². The molecule has 0 radical (unpaired) electrons. The van der Waals surface area contributed by atoms with E-state index >= 15 is 0 Å². The van der Waals surface area contributed by atoms with Crippen molar-refractivity contribution in [3.8, 4) is 11.5 Å². The number of halogens is 1. The molecule has 0 unspecified atom stereocenters. The summed E-state index contributed by atoms with van der Waals surface area (Å²) in [5, 5.41) is 0. The molecule has 0 aliphatic carbocycles. The molecule has 0 bridgehead atoms. The molecule has 2 aliphatic rings. The van der Waals surface area contributed by atoms with Crippen molar-refractivity contribution < 1.29 is 36.6 Å². The molecule has 0 amide bonds. The standard InChI is InChI=1S/C23H26FNO7S/c1-29-20-7-6-16(12-21(20)33(27,28)25-8-4-2-3-5-9-25)23(26)31-14-18-11-19(24)10-17-13-30-15-32-22(17)18/h6-7,10-12H,2-5,8-9,13-15H2,1H3. The Balaban J connectivity index is 1.56. The van der Waals surface area contributed by atoms with Crippen molar-refractivity contribution in [2.75, 3.05) is 27.0 Å². The Hall–Kier alpha value is -2.69. The second-order valence-corrected chi connectivity index (χ2v) is 9.83. The normalized spacial score (nSPS) is 16.9. The summed E-state index contributed by atoms with van der Waals surface area (Å²) in [6, 6.07) is 6.69. The van der Waals surface area contributed by atoms with Crippen LogP contribution in [0.1, 0.15) is 47.2 Å². The Morgan fingerprint density at radius 1 is 1.12 bits per heavy atom. The maximum absolute atomic E-state index is 13.9. The summed E-state index contributed by atoms with van der Waals surface area (Å²) in [6.07, 6.45) is 3.53. The van der Waals surface area contributed by atoms with E-state index in [1.54, 1.807) is 0 Å². The number of methoxy groups -OCH3 is 1. The fraction of sp³-hybridized carbons (Fsp3) is 0.435. The monoisotopic (exact) mass is 479 g/mol. The van der Waals surface area contributed by atoms with Gasteiger partial charge in [0.05, 0.1) is 19.3 Å². The Bertz CT molecular complexity index is 1130. The van der Waals surface area contributed by atoms with Gasteiger partial charge in [0.15, 0.2) is 6.79 Å². The van der Waals surface area contributed by atoms with Crippen LogP contribution in [0.4, 0.5) is 4.39 Å². The van der Waals surface area contributed by atoms with E-state index in [1.807, 2.05) is 0 Å².